The van der Waals surface area contributed by atoms with Crippen molar-refractivity contribution >= 4 is 61.8 Å². The molecule has 0 aliphatic rings. The van der Waals surface area contributed by atoms with Gasteiger partial charge in [-0.2, -0.15) is 0 Å². The van der Waals surface area contributed by atoms with Crippen molar-refractivity contribution < 1.29 is 0 Å². The van der Waals surface area contributed by atoms with E-state index in [9.17, 15) is 0 Å². The molecule has 0 radical (unpaired) electrons. The summed E-state index contributed by atoms with van der Waals surface area (Å²) in [6.07, 6.45) is 3.56. The summed E-state index contributed by atoms with van der Waals surface area (Å²) in [7, 11) is 0. The van der Waals surface area contributed by atoms with Gasteiger partial charge in [0, 0.05) is 11.6 Å². The SMILES string of the molecule is Nc1c(-n2cnc(I)c2I)ccc2ncccc12. The molecule has 1 aromatic carbocycles. The molecule has 0 bridgehead atoms. The van der Waals surface area contributed by atoms with E-state index in [-0.39, 0.29) is 0 Å². The third kappa shape index (κ3) is 1.87. The minimum Gasteiger partial charge on any atom is -0.396 e. The number of nitrogens with zero attached hydrogens (tertiary/aromatic N) is 3. The van der Waals surface area contributed by atoms with Crippen LogP contribution in [0.4, 0.5) is 5.69 Å². The Balaban J connectivity index is 2.31. The molecular weight excluding hydrogens is 454 g/mol. The van der Waals surface area contributed by atoms with Crippen LogP contribution in [0.2, 0.25) is 0 Å². The number of anilines is 1. The van der Waals surface area contributed by atoms with Gasteiger partial charge < -0.3 is 5.73 Å². The molecule has 4 nitrogen and oxygen atoms in total. The number of benzene rings is 1. The van der Waals surface area contributed by atoms with Crippen LogP contribution in [-0.4, -0.2) is 14.5 Å². The van der Waals surface area contributed by atoms with Crippen LogP contribution >= 0.6 is 45.2 Å². The molecule has 90 valence electrons. The van der Waals surface area contributed by atoms with E-state index in [4.69, 9.17) is 5.73 Å². The van der Waals surface area contributed by atoms with Gasteiger partial charge in [0.25, 0.3) is 0 Å². The second-order valence-corrected chi connectivity index (χ2v) is 5.81. The predicted octanol–water partition coefficient (Wildman–Crippen LogP) is 3.21. The van der Waals surface area contributed by atoms with Crippen molar-refractivity contribution in [2.75, 3.05) is 5.73 Å². The second kappa shape index (κ2) is 4.65. The highest BCUT2D eigenvalue weighted by atomic mass is 127. The van der Waals surface area contributed by atoms with Crippen LogP contribution in [0.5, 0.6) is 0 Å². The van der Waals surface area contributed by atoms with Crippen LogP contribution in [-0.2, 0) is 0 Å². The van der Waals surface area contributed by atoms with Crippen LogP contribution in [0.25, 0.3) is 16.6 Å². The van der Waals surface area contributed by atoms with Gasteiger partial charge in [0.1, 0.15) is 13.7 Å². The molecule has 0 amide bonds. The van der Waals surface area contributed by atoms with E-state index in [2.05, 4.69) is 55.1 Å². The molecule has 0 unspecified atom stereocenters. The molecule has 3 aromatic rings. The van der Waals surface area contributed by atoms with E-state index < -0.39 is 0 Å². The molecule has 18 heavy (non-hydrogen) atoms. The topological polar surface area (TPSA) is 56.7 Å². The Morgan fingerprint density at radius 1 is 1.11 bits per heavy atom. The smallest absolute Gasteiger partial charge is 0.133 e. The normalized spacial score (nSPS) is 11.0. The summed E-state index contributed by atoms with van der Waals surface area (Å²) in [5.41, 5.74) is 8.81. The third-order valence-electron chi connectivity index (χ3n) is 2.73. The van der Waals surface area contributed by atoms with Gasteiger partial charge in [-0.3, -0.25) is 9.55 Å². The van der Waals surface area contributed by atoms with Gasteiger partial charge in [0.15, 0.2) is 0 Å². The first-order valence-electron chi connectivity index (χ1n) is 5.20. The fourth-order valence-electron chi connectivity index (χ4n) is 1.85. The maximum absolute atomic E-state index is 6.23. The van der Waals surface area contributed by atoms with Crippen LogP contribution in [0.15, 0.2) is 36.8 Å². The number of rotatable bonds is 1. The number of halogens is 2. The van der Waals surface area contributed by atoms with Gasteiger partial charge >= 0.3 is 0 Å². The van der Waals surface area contributed by atoms with Gasteiger partial charge in [-0.25, -0.2) is 4.98 Å². The number of nitrogen functional groups attached to an aromatic ring is 1. The highest BCUT2D eigenvalue weighted by Gasteiger charge is 2.11. The zero-order valence-corrected chi connectivity index (χ0v) is 13.5. The number of nitrogens with two attached hydrogens (primary N) is 1. The average molecular weight is 462 g/mol. The lowest BCUT2D eigenvalue weighted by Gasteiger charge is -2.10. The van der Waals surface area contributed by atoms with Gasteiger partial charge in [-0.1, -0.05) is 0 Å². The first-order chi connectivity index (χ1) is 8.68. The van der Waals surface area contributed by atoms with E-state index in [1.807, 2.05) is 28.8 Å². The molecule has 0 saturated carbocycles. The Labute approximate surface area is 131 Å². The van der Waals surface area contributed by atoms with Crippen molar-refractivity contribution in [2.45, 2.75) is 0 Å². The van der Waals surface area contributed by atoms with Gasteiger partial charge in [-0.05, 0) is 69.4 Å². The lowest BCUT2D eigenvalue weighted by molar-refractivity contribution is 1.03. The zero-order chi connectivity index (χ0) is 12.7. The van der Waals surface area contributed by atoms with E-state index >= 15 is 0 Å². The number of hydrogen-bond acceptors (Lipinski definition) is 3. The summed E-state index contributed by atoms with van der Waals surface area (Å²) >= 11 is 4.47. The lowest BCUT2D eigenvalue weighted by Crippen LogP contribution is -2.01. The minimum atomic E-state index is 0.729. The predicted molar refractivity (Wildman–Crippen MR) is 88.7 cm³/mol. The maximum atomic E-state index is 6.23. The molecule has 2 heterocycles. The average Bonchev–Trinajstić information content (AvgIpc) is 2.71. The van der Waals surface area contributed by atoms with Crippen LogP contribution in [0, 0.1) is 7.40 Å². The molecule has 2 N–H and O–H groups in total. The van der Waals surface area contributed by atoms with E-state index in [1.165, 1.54) is 0 Å². The zero-order valence-electron chi connectivity index (χ0n) is 9.14. The molecule has 0 atom stereocenters. The van der Waals surface area contributed by atoms with Crippen LogP contribution in [0.1, 0.15) is 0 Å². The molecule has 2 aromatic heterocycles. The van der Waals surface area contributed by atoms with Crippen molar-refractivity contribution in [3.8, 4) is 5.69 Å². The van der Waals surface area contributed by atoms with Gasteiger partial charge in [0.05, 0.1) is 16.9 Å². The summed E-state index contributed by atoms with van der Waals surface area (Å²) in [5.74, 6) is 0. The van der Waals surface area contributed by atoms with Crippen molar-refractivity contribution in [3.05, 3.63) is 44.2 Å². The summed E-state index contributed by atoms with van der Waals surface area (Å²) in [5, 5.41) is 0.967. The molecule has 0 spiro atoms. The number of pyridine rings is 1. The van der Waals surface area contributed by atoms with Crippen LogP contribution in [0.3, 0.4) is 0 Å². The summed E-state index contributed by atoms with van der Waals surface area (Å²) in [6, 6.07) is 7.83. The quantitative estimate of drug-likeness (QED) is 0.447. The fourth-order valence-corrected chi connectivity index (χ4v) is 2.76. The number of fused-ring (bicyclic) bond motifs is 1. The maximum Gasteiger partial charge on any atom is 0.133 e. The van der Waals surface area contributed by atoms with E-state index in [0.717, 1.165) is 29.7 Å². The third-order valence-corrected chi connectivity index (χ3v) is 5.58. The number of aromatic nitrogens is 3. The molecule has 0 saturated heterocycles. The van der Waals surface area contributed by atoms with Crippen molar-refractivity contribution in [1.29, 1.82) is 0 Å². The van der Waals surface area contributed by atoms with Crippen molar-refractivity contribution in [1.82, 2.24) is 14.5 Å². The Hall–Kier alpha value is -0.900. The monoisotopic (exact) mass is 462 g/mol. The Morgan fingerprint density at radius 3 is 2.67 bits per heavy atom. The molecule has 0 fully saturated rings. The first kappa shape index (κ1) is 12.2. The van der Waals surface area contributed by atoms with Gasteiger partial charge in [-0.15, -0.1) is 0 Å². The van der Waals surface area contributed by atoms with E-state index in [1.54, 1.807) is 12.5 Å². The summed E-state index contributed by atoms with van der Waals surface area (Å²) < 4.78 is 4.02. The largest absolute Gasteiger partial charge is 0.396 e. The highest BCUT2D eigenvalue weighted by molar-refractivity contribution is 14.1. The standard InChI is InChI=1S/C12H8I2N4/c13-11-12(14)18(6-17-11)9-4-3-8-7(10(9)15)2-1-5-16-8/h1-6H,15H2. The molecule has 0 aliphatic heterocycles. The number of hydrogen-bond donors (Lipinski definition) is 1. The Kier molecular flexibility index (Phi) is 3.14. The van der Waals surface area contributed by atoms with Gasteiger partial charge in [0.2, 0.25) is 0 Å². The fraction of sp³-hybridized carbons (Fsp3) is 0. The summed E-state index contributed by atoms with van der Waals surface area (Å²) in [6.45, 7) is 0. The second-order valence-electron chi connectivity index (χ2n) is 3.76. The molecule has 3 rings (SSSR count). The molecule has 6 heteroatoms. The Morgan fingerprint density at radius 2 is 1.94 bits per heavy atom. The summed E-state index contributed by atoms with van der Waals surface area (Å²) in [4.78, 5) is 8.58. The number of imidazole rings is 1. The minimum absolute atomic E-state index is 0.729. The molecule has 0 aliphatic carbocycles. The lowest BCUT2D eigenvalue weighted by atomic mass is 10.1. The highest BCUT2D eigenvalue weighted by Crippen LogP contribution is 2.28. The Bertz CT molecular complexity index is 736. The van der Waals surface area contributed by atoms with Crippen molar-refractivity contribution in [3.63, 3.8) is 0 Å². The van der Waals surface area contributed by atoms with Crippen LogP contribution < -0.4 is 5.73 Å². The van der Waals surface area contributed by atoms with Crippen molar-refractivity contribution in [2.24, 2.45) is 0 Å². The molecular formula is C12H8I2N4. The van der Waals surface area contributed by atoms with E-state index in [0.29, 0.717) is 0 Å². The first-order valence-corrected chi connectivity index (χ1v) is 7.36.